The van der Waals surface area contributed by atoms with E-state index in [1.165, 1.54) is 0 Å². The van der Waals surface area contributed by atoms with E-state index >= 15 is 0 Å². The summed E-state index contributed by atoms with van der Waals surface area (Å²) in [5.74, 6) is 1.14. The molecule has 1 heterocycles. The van der Waals surface area contributed by atoms with Gasteiger partial charge in [-0.2, -0.15) is 0 Å². The van der Waals surface area contributed by atoms with Gasteiger partial charge in [0, 0.05) is 18.1 Å². The molecule has 0 bridgehead atoms. The molecule has 98 valence electrons. The van der Waals surface area contributed by atoms with E-state index in [1.54, 1.807) is 12.1 Å². The summed E-state index contributed by atoms with van der Waals surface area (Å²) in [5.41, 5.74) is 0.561. The maximum Gasteiger partial charge on any atom is 0.227 e. The number of nitrogens with one attached hydrogen (secondary N) is 1. The summed E-state index contributed by atoms with van der Waals surface area (Å²) in [6.07, 6.45) is 0.786. The molecule has 1 atom stereocenters. The fourth-order valence-corrected chi connectivity index (χ4v) is 1.80. The molecular weight excluding hydrogens is 254 g/mol. The second-order valence-electron chi connectivity index (χ2n) is 4.27. The van der Waals surface area contributed by atoms with Crippen molar-refractivity contribution in [3.8, 4) is 11.5 Å². The third-order valence-corrected chi connectivity index (χ3v) is 3.26. The van der Waals surface area contributed by atoms with E-state index in [9.17, 15) is 4.79 Å². The van der Waals surface area contributed by atoms with Crippen molar-refractivity contribution in [1.82, 2.24) is 0 Å². The van der Waals surface area contributed by atoms with Gasteiger partial charge < -0.3 is 14.8 Å². The Hall–Kier alpha value is -1.42. The Morgan fingerprint density at radius 1 is 1.39 bits per heavy atom. The van der Waals surface area contributed by atoms with Crippen LogP contribution in [0.25, 0.3) is 0 Å². The van der Waals surface area contributed by atoms with Crippen molar-refractivity contribution >= 4 is 23.2 Å². The maximum atomic E-state index is 11.8. The van der Waals surface area contributed by atoms with Crippen LogP contribution in [0.3, 0.4) is 0 Å². The molecule has 1 amide bonds. The number of carbonyl (C=O) groups is 1. The van der Waals surface area contributed by atoms with Crippen molar-refractivity contribution in [2.75, 3.05) is 18.5 Å². The van der Waals surface area contributed by atoms with E-state index in [4.69, 9.17) is 21.1 Å². The van der Waals surface area contributed by atoms with Crippen LogP contribution in [0.15, 0.2) is 12.1 Å². The minimum atomic E-state index is -0.0470. The van der Waals surface area contributed by atoms with Gasteiger partial charge in [-0.3, -0.25) is 4.79 Å². The molecule has 5 heteroatoms. The molecule has 0 spiro atoms. The number of amides is 1. The van der Waals surface area contributed by atoms with Gasteiger partial charge in [-0.15, -0.1) is 0 Å². The summed E-state index contributed by atoms with van der Waals surface area (Å²) in [7, 11) is 0. The summed E-state index contributed by atoms with van der Waals surface area (Å²) >= 11 is 6.10. The van der Waals surface area contributed by atoms with Crippen LogP contribution in [0.5, 0.6) is 11.5 Å². The highest BCUT2D eigenvalue weighted by Crippen LogP contribution is 2.38. The van der Waals surface area contributed by atoms with Crippen LogP contribution >= 0.6 is 11.6 Å². The first-order valence-electron chi connectivity index (χ1n) is 6.01. The minimum Gasteiger partial charge on any atom is -0.486 e. The first-order valence-corrected chi connectivity index (χ1v) is 6.39. The number of halogens is 1. The Morgan fingerprint density at radius 2 is 2.00 bits per heavy atom. The van der Waals surface area contributed by atoms with Crippen LogP contribution in [0.2, 0.25) is 5.02 Å². The SMILES string of the molecule is CCC(C)C(=O)Nc1cc2c(cc1Cl)OCCO2. The lowest BCUT2D eigenvalue weighted by molar-refractivity contribution is -0.119. The van der Waals surface area contributed by atoms with Crippen molar-refractivity contribution in [3.63, 3.8) is 0 Å². The van der Waals surface area contributed by atoms with Crippen molar-refractivity contribution < 1.29 is 14.3 Å². The third kappa shape index (κ3) is 2.70. The predicted octanol–water partition coefficient (Wildman–Crippen LogP) is 3.10. The van der Waals surface area contributed by atoms with Gasteiger partial charge in [0.2, 0.25) is 5.91 Å². The normalized spacial score (nSPS) is 15.1. The molecule has 4 nitrogen and oxygen atoms in total. The molecule has 0 saturated carbocycles. The molecule has 0 saturated heterocycles. The van der Waals surface area contributed by atoms with E-state index < -0.39 is 0 Å². The van der Waals surface area contributed by atoms with Crippen molar-refractivity contribution in [2.45, 2.75) is 20.3 Å². The summed E-state index contributed by atoms with van der Waals surface area (Å²) in [6.45, 7) is 4.87. The van der Waals surface area contributed by atoms with E-state index in [1.807, 2.05) is 13.8 Å². The number of hydrogen-bond acceptors (Lipinski definition) is 3. The number of fused-ring (bicyclic) bond motifs is 1. The molecule has 1 aliphatic heterocycles. The van der Waals surface area contributed by atoms with Gasteiger partial charge in [0.25, 0.3) is 0 Å². The molecule has 0 radical (unpaired) electrons. The van der Waals surface area contributed by atoms with Crippen LogP contribution in [0, 0.1) is 5.92 Å². The van der Waals surface area contributed by atoms with Gasteiger partial charge in [0.15, 0.2) is 11.5 Å². The second-order valence-corrected chi connectivity index (χ2v) is 4.68. The molecule has 1 aliphatic rings. The lowest BCUT2D eigenvalue weighted by Crippen LogP contribution is -2.20. The van der Waals surface area contributed by atoms with Gasteiger partial charge in [0.1, 0.15) is 13.2 Å². The Labute approximate surface area is 111 Å². The van der Waals surface area contributed by atoms with E-state index in [2.05, 4.69) is 5.32 Å². The topological polar surface area (TPSA) is 47.6 Å². The summed E-state index contributed by atoms with van der Waals surface area (Å²) < 4.78 is 10.9. The number of carbonyl (C=O) groups excluding carboxylic acids is 1. The van der Waals surface area contributed by atoms with Crippen LogP contribution in [-0.2, 0) is 4.79 Å². The molecule has 0 aliphatic carbocycles. The third-order valence-electron chi connectivity index (χ3n) is 2.95. The molecule has 0 aromatic heterocycles. The lowest BCUT2D eigenvalue weighted by atomic mass is 10.1. The minimum absolute atomic E-state index is 0.0453. The Morgan fingerprint density at radius 3 is 2.61 bits per heavy atom. The van der Waals surface area contributed by atoms with Crippen LogP contribution in [0.4, 0.5) is 5.69 Å². The molecule has 1 unspecified atom stereocenters. The zero-order valence-corrected chi connectivity index (χ0v) is 11.2. The van der Waals surface area contributed by atoms with Crippen LogP contribution in [0.1, 0.15) is 20.3 Å². The standard InChI is InChI=1S/C13H16ClNO3/c1-3-8(2)13(16)15-10-7-12-11(6-9(10)14)17-4-5-18-12/h6-8H,3-5H2,1-2H3,(H,15,16). The van der Waals surface area contributed by atoms with Gasteiger partial charge >= 0.3 is 0 Å². The molecular formula is C13H16ClNO3. The van der Waals surface area contributed by atoms with E-state index in [-0.39, 0.29) is 11.8 Å². The Kier molecular flexibility index (Phi) is 3.97. The number of benzene rings is 1. The van der Waals surface area contributed by atoms with Gasteiger partial charge in [-0.1, -0.05) is 25.4 Å². The van der Waals surface area contributed by atoms with Crippen LogP contribution in [-0.4, -0.2) is 19.1 Å². The molecule has 2 rings (SSSR count). The fraction of sp³-hybridized carbons (Fsp3) is 0.462. The Bertz CT molecular complexity index is 462. The molecule has 1 aromatic rings. The quantitative estimate of drug-likeness (QED) is 0.917. The first kappa shape index (κ1) is 13.0. The average molecular weight is 270 g/mol. The lowest BCUT2D eigenvalue weighted by Gasteiger charge is -2.20. The maximum absolute atomic E-state index is 11.8. The smallest absolute Gasteiger partial charge is 0.227 e. The largest absolute Gasteiger partial charge is 0.486 e. The average Bonchev–Trinajstić information content (AvgIpc) is 2.38. The zero-order chi connectivity index (χ0) is 13.1. The number of rotatable bonds is 3. The first-order chi connectivity index (χ1) is 8.61. The van der Waals surface area contributed by atoms with Gasteiger partial charge in [-0.25, -0.2) is 0 Å². The molecule has 0 fully saturated rings. The second kappa shape index (κ2) is 5.48. The monoisotopic (exact) mass is 269 g/mol. The van der Waals surface area contributed by atoms with E-state index in [0.717, 1.165) is 6.42 Å². The van der Waals surface area contributed by atoms with Crippen molar-refractivity contribution in [1.29, 1.82) is 0 Å². The number of anilines is 1. The number of hydrogen-bond donors (Lipinski definition) is 1. The Balaban J connectivity index is 2.20. The highest BCUT2D eigenvalue weighted by atomic mass is 35.5. The zero-order valence-electron chi connectivity index (χ0n) is 10.5. The van der Waals surface area contributed by atoms with E-state index in [0.29, 0.717) is 35.4 Å². The summed E-state index contributed by atoms with van der Waals surface area (Å²) in [4.78, 5) is 11.8. The van der Waals surface area contributed by atoms with Gasteiger partial charge in [0.05, 0.1) is 10.7 Å². The van der Waals surface area contributed by atoms with Gasteiger partial charge in [-0.05, 0) is 6.42 Å². The molecule has 1 aromatic carbocycles. The molecule has 18 heavy (non-hydrogen) atoms. The highest BCUT2D eigenvalue weighted by Gasteiger charge is 2.17. The van der Waals surface area contributed by atoms with Crippen LogP contribution < -0.4 is 14.8 Å². The summed E-state index contributed by atoms with van der Waals surface area (Å²) in [6, 6.07) is 3.37. The molecule has 1 N–H and O–H groups in total. The van der Waals surface area contributed by atoms with Crippen molar-refractivity contribution in [2.24, 2.45) is 5.92 Å². The predicted molar refractivity (Wildman–Crippen MR) is 70.5 cm³/mol. The highest BCUT2D eigenvalue weighted by molar-refractivity contribution is 6.34. The summed E-state index contributed by atoms with van der Waals surface area (Å²) in [5, 5.41) is 3.26. The fourth-order valence-electron chi connectivity index (χ4n) is 1.60. The number of ether oxygens (including phenoxy) is 2. The van der Waals surface area contributed by atoms with Crippen molar-refractivity contribution in [3.05, 3.63) is 17.2 Å².